The van der Waals surface area contributed by atoms with E-state index in [1.807, 2.05) is 0 Å². The van der Waals surface area contributed by atoms with Gasteiger partial charge in [0.05, 0.1) is 0 Å². The lowest BCUT2D eigenvalue weighted by Gasteiger charge is -2.26. The molecule has 1 fully saturated rings. The first-order valence-electron chi connectivity index (χ1n) is 7.04. The van der Waals surface area contributed by atoms with E-state index in [0.717, 1.165) is 24.6 Å². The van der Waals surface area contributed by atoms with Crippen LogP contribution in [0.3, 0.4) is 0 Å². The first-order valence-corrected chi connectivity index (χ1v) is 7.04. The van der Waals surface area contributed by atoms with Gasteiger partial charge in [0.25, 0.3) is 0 Å². The largest absolute Gasteiger partial charge is 0.369 e. The van der Waals surface area contributed by atoms with Crippen molar-refractivity contribution in [2.45, 2.75) is 39.0 Å². The van der Waals surface area contributed by atoms with Crippen LogP contribution in [0.4, 0.5) is 5.82 Å². The van der Waals surface area contributed by atoms with Crippen molar-refractivity contribution < 1.29 is 0 Å². The summed E-state index contributed by atoms with van der Waals surface area (Å²) < 4.78 is 0. The molecule has 0 atom stereocenters. The van der Waals surface area contributed by atoms with Gasteiger partial charge in [-0.05, 0) is 31.8 Å². The highest BCUT2D eigenvalue weighted by Crippen LogP contribution is 2.13. The molecular weight excluding hydrogens is 224 g/mol. The first-order chi connectivity index (χ1) is 8.75. The molecule has 1 N–H and O–H groups in total. The molecule has 0 aliphatic carbocycles. The third kappa shape index (κ3) is 3.95. The van der Waals surface area contributed by atoms with E-state index in [1.165, 1.54) is 32.4 Å². The van der Waals surface area contributed by atoms with Crippen LogP contribution in [0.2, 0.25) is 0 Å². The summed E-state index contributed by atoms with van der Waals surface area (Å²) in [6.07, 6.45) is 5.75. The highest BCUT2D eigenvalue weighted by molar-refractivity contribution is 5.35. The van der Waals surface area contributed by atoms with Gasteiger partial charge in [-0.15, -0.1) is 0 Å². The number of piperidine rings is 1. The summed E-state index contributed by atoms with van der Waals surface area (Å²) in [7, 11) is 0. The molecule has 2 rings (SSSR count). The third-order valence-corrected chi connectivity index (χ3v) is 3.46. The molecule has 18 heavy (non-hydrogen) atoms. The van der Waals surface area contributed by atoms with E-state index in [-0.39, 0.29) is 0 Å². The van der Waals surface area contributed by atoms with Crippen molar-refractivity contribution in [3.05, 3.63) is 18.1 Å². The van der Waals surface area contributed by atoms with Crippen molar-refractivity contribution in [3.8, 4) is 0 Å². The molecule has 1 saturated heterocycles. The average molecular weight is 248 g/mol. The number of aromatic nitrogens is 2. The molecule has 1 aromatic heterocycles. The highest BCUT2D eigenvalue weighted by atomic mass is 15.1. The Morgan fingerprint density at radius 3 is 2.72 bits per heavy atom. The summed E-state index contributed by atoms with van der Waals surface area (Å²) in [5.41, 5.74) is 1.10. The van der Waals surface area contributed by atoms with Crippen LogP contribution in [0.25, 0.3) is 0 Å². The van der Waals surface area contributed by atoms with Crippen molar-refractivity contribution in [2.75, 3.05) is 31.5 Å². The molecule has 2 heterocycles. The second-order valence-corrected chi connectivity index (χ2v) is 5.31. The van der Waals surface area contributed by atoms with Crippen LogP contribution in [0.1, 0.15) is 44.7 Å². The number of anilines is 1. The molecule has 0 aromatic carbocycles. The molecule has 0 amide bonds. The second-order valence-electron chi connectivity index (χ2n) is 5.31. The fourth-order valence-electron chi connectivity index (χ4n) is 2.31. The number of nitrogens with one attached hydrogen (secondary N) is 1. The molecule has 4 heteroatoms. The lowest BCUT2D eigenvalue weighted by atomic mass is 10.1. The van der Waals surface area contributed by atoms with E-state index in [4.69, 9.17) is 0 Å². The smallest absolute Gasteiger partial charge is 0.129 e. The lowest BCUT2D eigenvalue weighted by Crippen LogP contribution is -2.33. The summed E-state index contributed by atoms with van der Waals surface area (Å²) >= 11 is 0. The summed E-state index contributed by atoms with van der Waals surface area (Å²) in [4.78, 5) is 11.1. The Kier molecular flexibility index (Phi) is 4.93. The molecule has 0 bridgehead atoms. The Labute approximate surface area is 110 Å². The first kappa shape index (κ1) is 13.3. The topological polar surface area (TPSA) is 41.0 Å². The van der Waals surface area contributed by atoms with Gasteiger partial charge < -0.3 is 10.2 Å². The SMILES string of the molecule is CC(C)c1cc(NCCN2CCCCC2)ncn1. The highest BCUT2D eigenvalue weighted by Gasteiger charge is 2.09. The summed E-state index contributed by atoms with van der Waals surface area (Å²) in [6, 6.07) is 2.06. The molecule has 0 radical (unpaired) electrons. The second kappa shape index (κ2) is 6.69. The number of rotatable bonds is 5. The Balaban J connectivity index is 1.77. The molecule has 0 spiro atoms. The van der Waals surface area contributed by atoms with Gasteiger partial charge >= 0.3 is 0 Å². The normalized spacial score (nSPS) is 17.1. The van der Waals surface area contributed by atoms with E-state index < -0.39 is 0 Å². The average Bonchev–Trinajstić information content (AvgIpc) is 2.40. The minimum atomic E-state index is 0.454. The van der Waals surface area contributed by atoms with E-state index in [1.54, 1.807) is 6.33 Å². The van der Waals surface area contributed by atoms with Gasteiger partial charge in [-0.2, -0.15) is 0 Å². The zero-order valence-electron chi connectivity index (χ0n) is 11.5. The van der Waals surface area contributed by atoms with Gasteiger partial charge in [-0.1, -0.05) is 20.3 Å². The molecule has 1 aliphatic rings. The molecule has 0 unspecified atom stereocenters. The van der Waals surface area contributed by atoms with E-state index in [9.17, 15) is 0 Å². The Hall–Kier alpha value is -1.16. The zero-order valence-corrected chi connectivity index (χ0v) is 11.5. The van der Waals surface area contributed by atoms with E-state index >= 15 is 0 Å². The van der Waals surface area contributed by atoms with Crippen LogP contribution in [0, 0.1) is 0 Å². The molecule has 1 aliphatic heterocycles. The van der Waals surface area contributed by atoms with Crippen LogP contribution in [-0.2, 0) is 0 Å². The van der Waals surface area contributed by atoms with Crippen molar-refractivity contribution in [1.82, 2.24) is 14.9 Å². The van der Waals surface area contributed by atoms with Crippen molar-refractivity contribution in [1.29, 1.82) is 0 Å². The van der Waals surface area contributed by atoms with Crippen LogP contribution in [0.5, 0.6) is 0 Å². The van der Waals surface area contributed by atoms with Crippen LogP contribution in [-0.4, -0.2) is 41.0 Å². The number of hydrogen-bond donors (Lipinski definition) is 1. The monoisotopic (exact) mass is 248 g/mol. The molecular formula is C14H24N4. The van der Waals surface area contributed by atoms with Crippen molar-refractivity contribution in [3.63, 3.8) is 0 Å². The van der Waals surface area contributed by atoms with Crippen molar-refractivity contribution >= 4 is 5.82 Å². The fourth-order valence-corrected chi connectivity index (χ4v) is 2.31. The minimum Gasteiger partial charge on any atom is -0.369 e. The molecule has 4 nitrogen and oxygen atoms in total. The summed E-state index contributed by atoms with van der Waals surface area (Å²) in [5, 5.41) is 3.39. The van der Waals surface area contributed by atoms with Gasteiger partial charge in [0.2, 0.25) is 0 Å². The van der Waals surface area contributed by atoms with Gasteiger partial charge in [-0.25, -0.2) is 9.97 Å². The molecule has 0 saturated carbocycles. The lowest BCUT2D eigenvalue weighted by molar-refractivity contribution is 0.237. The van der Waals surface area contributed by atoms with Gasteiger partial charge in [0.1, 0.15) is 12.1 Å². The maximum atomic E-state index is 4.28. The molecule has 1 aromatic rings. The number of likely N-dealkylation sites (tertiary alicyclic amines) is 1. The fraction of sp³-hybridized carbons (Fsp3) is 0.714. The predicted octanol–water partition coefficient (Wildman–Crippen LogP) is 2.50. The Morgan fingerprint density at radius 2 is 2.00 bits per heavy atom. The Bertz CT molecular complexity index is 359. The van der Waals surface area contributed by atoms with Gasteiger partial charge in [0, 0.05) is 24.8 Å². The molecule has 100 valence electrons. The van der Waals surface area contributed by atoms with Crippen molar-refractivity contribution in [2.24, 2.45) is 0 Å². The van der Waals surface area contributed by atoms with E-state index in [2.05, 4.69) is 40.1 Å². The third-order valence-electron chi connectivity index (χ3n) is 3.46. The summed E-state index contributed by atoms with van der Waals surface area (Å²) in [5.74, 6) is 1.40. The maximum absolute atomic E-state index is 4.28. The van der Waals surface area contributed by atoms with Crippen LogP contribution in [0.15, 0.2) is 12.4 Å². The zero-order chi connectivity index (χ0) is 12.8. The number of nitrogens with zero attached hydrogens (tertiary/aromatic N) is 3. The van der Waals surface area contributed by atoms with Crippen LogP contribution >= 0.6 is 0 Å². The van der Waals surface area contributed by atoms with Crippen LogP contribution < -0.4 is 5.32 Å². The van der Waals surface area contributed by atoms with Gasteiger partial charge in [0.15, 0.2) is 0 Å². The standard InChI is InChI=1S/C14H24N4/c1-12(2)13-10-14(17-11-16-13)15-6-9-18-7-4-3-5-8-18/h10-12H,3-9H2,1-2H3,(H,15,16,17). The van der Waals surface area contributed by atoms with E-state index in [0.29, 0.717) is 5.92 Å². The number of hydrogen-bond acceptors (Lipinski definition) is 4. The quantitative estimate of drug-likeness (QED) is 0.869. The Morgan fingerprint density at radius 1 is 1.22 bits per heavy atom. The maximum Gasteiger partial charge on any atom is 0.129 e. The van der Waals surface area contributed by atoms with Gasteiger partial charge in [-0.3, -0.25) is 0 Å². The summed E-state index contributed by atoms with van der Waals surface area (Å²) in [6.45, 7) is 8.89. The minimum absolute atomic E-state index is 0.454. The predicted molar refractivity (Wildman–Crippen MR) is 74.9 cm³/mol.